The second kappa shape index (κ2) is 4.59. The molecule has 0 aliphatic carbocycles. The topological polar surface area (TPSA) is 37.0 Å². The molecule has 3 nitrogen and oxygen atoms in total. The van der Waals surface area contributed by atoms with Crippen LogP contribution in [0.3, 0.4) is 0 Å². The van der Waals surface area contributed by atoms with E-state index >= 15 is 0 Å². The third-order valence-electron chi connectivity index (χ3n) is 1.62. The molecule has 0 aromatic carbocycles. The van der Waals surface area contributed by atoms with Gasteiger partial charge in [-0.1, -0.05) is 6.92 Å². The number of nitrogens with one attached hydrogen (secondary N) is 2. The van der Waals surface area contributed by atoms with E-state index in [-0.39, 0.29) is 0 Å². The summed E-state index contributed by atoms with van der Waals surface area (Å²) in [5.74, 6) is 0.932. The van der Waals surface area contributed by atoms with Crippen molar-refractivity contribution in [3.63, 3.8) is 0 Å². The van der Waals surface area contributed by atoms with Crippen LogP contribution in [0.15, 0.2) is 18.3 Å². The number of aromatic nitrogens is 1. The van der Waals surface area contributed by atoms with Crippen LogP contribution >= 0.6 is 0 Å². The monoisotopic (exact) mass is 165 g/mol. The molecule has 0 saturated carbocycles. The van der Waals surface area contributed by atoms with Crippen LogP contribution in [0.1, 0.15) is 13.3 Å². The van der Waals surface area contributed by atoms with E-state index in [9.17, 15) is 0 Å². The fraction of sp³-hybridized carbons (Fsp3) is 0.444. The molecule has 2 N–H and O–H groups in total. The van der Waals surface area contributed by atoms with Gasteiger partial charge in [0.1, 0.15) is 5.82 Å². The molecular formula is C9H15N3. The third kappa shape index (κ3) is 2.12. The first-order chi connectivity index (χ1) is 5.88. The van der Waals surface area contributed by atoms with Crippen molar-refractivity contribution in [1.82, 2.24) is 4.98 Å². The van der Waals surface area contributed by atoms with Gasteiger partial charge in [0.25, 0.3) is 0 Å². The van der Waals surface area contributed by atoms with Gasteiger partial charge in [-0.25, -0.2) is 4.98 Å². The van der Waals surface area contributed by atoms with Crippen molar-refractivity contribution >= 4 is 11.5 Å². The van der Waals surface area contributed by atoms with Crippen LogP contribution in [0.2, 0.25) is 0 Å². The lowest BCUT2D eigenvalue weighted by Crippen LogP contribution is -2.04. The standard InChI is InChI=1S/C9H15N3/c1-3-6-11-9-8(10-2)5-4-7-12-9/h4-5,7,10H,3,6H2,1-2H3,(H,11,12). The summed E-state index contributed by atoms with van der Waals surface area (Å²) in [4.78, 5) is 4.21. The molecule has 0 fully saturated rings. The molecule has 3 heteroatoms. The average Bonchev–Trinajstić information content (AvgIpc) is 2.15. The third-order valence-corrected chi connectivity index (χ3v) is 1.62. The summed E-state index contributed by atoms with van der Waals surface area (Å²) in [6.45, 7) is 3.10. The molecule has 0 amide bonds. The molecule has 0 aliphatic rings. The highest BCUT2D eigenvalue weighted by molar-refractivity contribution is 5.63. The molecular weight excluding hydrogens is 150 g/mol. The summed E-state index contributed by atoms with van der Waals surface area (Å²) in [6.07, 6.45) is 2.90. The molecule has 12 heavy (non-hydrogen) atoms. The largest absolute Gasteiger partial charge is 0.385 e. The van der Waals surface area contributed by atoms with E-state index in [0.717, 1.165) is 24.5 Å². The van der Waals surface area contributed by atoms with Gasteiger partial charge >= 0.3 is 0 Å². The summed E-state index contributed by atoms with van der Waals surface area (Å²) < 4.78 is 0. The van der Waals surface area contributed by atoms with Crippen LogP contribution in [0.25, 0.3) is 0 Å². The van der Waals surface area contributed by atoms with Crippen LogP contribution in [0, 0.1) is 0 Å². The molecule has 1 heterocycles. The lowest BCUT2D eigenvalue weighted by Gasteiger charge is -2.08. The van der Waals surface area contributed by atoms with Gasteiger partial charge < -0.3 is 10.6 Å². The molecule has 1 aromatic rings. The van der Waals surface area contributed by atoms with Gasteiger partial charge in [0, 0.05) is 19.8 Å². The Hall–Kier alpha value is -1.25. The Morgan fingerprint density at radius 1 is 1.50 bits per heavy atom. The second-order valence-electron chi connectivity index (χ2n) is 2.58. The maximum Gasteiger partial charge on any atom is 0.149 e. The van der Waals surface area contributed by atoms with E-state index in [1.807, 2.05) is 19.2 Å². The van der Waals surface area contributed by atoms with Crippen molar-refractivity contribution in [3.05, 3.63) is 18.3 Å². The zero-order valence-electron chi connectivity index (χ0n) is 7.59. The molecule has 0 atom stereocenters. The van der Waals surface area contributed by atoms with Crippen LogP contribution < -0.4 is 10.6 Å². The summed E-state index contributed by atoms with van der Waals surface area (Å²) in [6, 6.07) is 3.92. The fourth-order valence-corrected chi connectivity index (χ4v) is 0.991. The highest BCUT2D eigenvalue weighted by Crippen LogP contribution is 2.16. The minimum Gasteiger partial charge on any atom is -0.385 e. The van der Waals surface area contributed by atoms with Crippen LogP contribution in [-0.4, -0.2) is 18.6 Å². The molecule has 0 radical (unpaired) electrons. The molecule has 0 unspecified atom stereocenters. The Morgan fingerprint density at radius 2 is 2.33 bits per heavy atom. The molecule has 1 rings (SSSR count). The van der Waals surface area contributed by atoms with Gasteiger partial charge in [0.15, 0.2) is 0 Å². The van der Waals surface area contributed by atoms with Gasteiger partial charge in [-0.3, -0.25) is 0 Å². The van der Waals surface area contributed by atoms with Gasteiger partial charge in [-0.05, 0) is 18.6 Å². The SMILES string of the molecule is CCCNc1ncccc1NC. The normalized spacial score (nSPS) is 9.50. The molecule has 0 bridgehead atoms. The number of rotatable bonds is 4. The average molecular weight is 165 g/mol. The minimum atomic E-state index is 0.932. The highest BCUT2D eigenvalue weighted by atomic mass is 15.0. The van der Waals surface area contributed by atoms with Crippen molar-refractivity contribution in [1.29, 1.82) is 0 Å². The van der Waals surface area contributed by atoms with Crippen molar-refractivity contribution in [3.8, 4) is 0 Å². The zero-order chi connectivity index (χ0) is 8.81. The predicted octanol–water partition coefficient (Wildman–Crippen LogP) is 1.95. The van der Waals surface area contributed by atoms with Crippen molar-refractivity contribution in [2.45, 2.75) is 13.3 Å². The van der Waals surface area contributed by atoms with E-state index in [0.29, 0.717) is 0 Å². The van der Waals surface area contributed by atoms with Crippen LogP contribution in [0.4, 0.5) is 11.5 Å². The number of nitrogens with zero attached hydrogens (tertiary/aromatic N) is 1. The number of hydrogen-bond donors (Lipinski definition) is 2. The summed E-state index contributed by atoms with van der Waals surface area (Å²) >= 11 is 0. The van der Waals surface area contributed by atoms with Crippen molar-refractivity contribution in [2.24, 2.45) is 0 Å². The summed E-state index contributed by atoms with van der Waals surface area (Å²) in [5.41, 5.74) is 1.05. The first-order valence-corrected chi connectivity index (χ1v) is 4.25. The van der Waals surface area contributed by atoms with E-state index in [2.05, 4.69) is 22.5 Å². The molecule has 0 saturated heterocycles. The Balaban J connectivity index is 2.68. The number of pyridine rings is 1. The first kappa shape index (κ1) is 8.84. The zero-order valence-corrected chi connectivity index (χ0v) is 7.59. The molecule has 66 valence electrons. The van der Waals surface area contributed by atoms with Crippen molar-refractivity contribution in [2.75, 3.05) is 24.2 Å². The van der Waals surface area contributed by atoms with Gasteiger partial charge in [-0.15, -0.1) is 0 Å². The Morgan fingerprint density at radius 3 is 3.00 bits per heavy atom. The van der Waals surface area contributed by atoms with E-state index in [4.69, 9.17) is 0 Å². The fourth-order valence-electron chi connectivity index (χ4n) is 0.991. The summed E-state index contributed by atoms with van der Waals surface area (Å²) in [5, 5.41) is 6.32. The second-order valence-corrected chi connectivity index (χ2v) is 2.58. The van der Waals surface area contributed by atoms with Crippen molar-refractivity contribution < 1.29 is 0 Å². The Kier molecular flexibility index (Phi) is 3.38. The van der Waals surface area contributed by atoms with E-state index < -0.39 is 0 Å². The maximum atomic E-state index is 4.21. The molecule has 0 aliphatic heterocycles. The maximum absolute atomic E-state index is 4.21. The minimum absolute atomic E-state index is 0.932. The number of hydrogen-bond acceptors (Lipinski definition) is 3. The van der Waals surface area contributed by atoms with E-state index in [1.165, 1.54) is 0 Å². The van der Waals surface area contributed by atoms with Gasteiger partial charge in [0.05, 0.1) is 5.69 Å². The quantitative estimate of drug-likeness (QED) is 0.716. The first-order valence-electron chi connectivity index (χ1n) is 4.25. The highest BCUT2D eigenvalue weighted by Gasteiger charge is 1.97. The summed E-state index contributed by atoms with van der Waals surface area (Å²) in [7, 11) is 1.90. The van der Waals surface area contributed by atoms with Gasteiger partial charge in [-0.2, -0.15) is 0 Å². The predicted molar refractivity (Wildman–Crippen MR) is 52.6 cm³/mol. The van der Waals surface area contributed by atoms with Crippen LogP contribution in [0.5, 0.6) is 0 Å². The Bertz CT molecular complexity index is 235. The smallest absolute Gasteiger partial charge is 0.149 e. The molecule has 1 aromatic heterocycles. The van der Waals surface area contributed by atoms with Crippen LogP contribution in [-0.2, 0) is 0 Å². The number of anilines is 2. The lowest BCUT2D eigenvalue weighted by molar-refractivity contribution is 0.969. The molecule has 0 spiro atoms. The van der Waals surface area contributed by atoms with E-state index in [1.54, 1.807) is 6.20 Å². The van der Waals surface area contributed by atoms with Gasteiger partial charge in [0.2, 0.25) is 0 Å². The Labute approximate surface area is 73.2 Å². The lowest BCUT2D eigenvalue weighted by atomic mass is 10.3.